The second-order valence-electron chi connectivity index (χ2n) is 11.3. The molecule has 0 aromatic heterocycles. The highest BCUT2D eigenvalue weighted by Crippen LogP contribution is 2.42. The monoisotopic (exact) mass is 622 g/mol. The maximum atomic E-state index is 6.93. The first kappa shape index (κ1) is 35.1. The molecule has 5 nitrogen and oxygen atoms in total. The molecule has 0 radical (unpaired) electrons. The average molecular weight is 624 g/mol. The number of hydrogen-bond donors (Lipinski definition) is 0. The molecular formula is C35H52Cl2O5. The second-order valence-corrected chi connectivity index (χ2v) is 12.0. The van der Waals surface area contributed by atoms with E-state index in [1.165, 1.54) is 0 Å². The predicted octanol–water partition coefficient (Wildman–Crippen LogP) is 9.33. The number of halogens is 2. The minimum absolute atomic E-state index is 0.112. The Labute approximate surface area is 264 Å². The van der Waals surface area contributed by atoms with Crippen LogP contribution in [0.5, 0.6) is 5.75 Å². The van der Waals surface area contributed by atoms with Gasteiger partial charge in [0, 0.05) is 36.6 Å². The fourth-order valence-electron chi connectivity index (χ4n) is 5.40. The van der Waals surface area contributed by atoms with E-state index in [-0.39, 0.29) is 30.3 Å². The van der Waals surface area contributed by atoms with E-state index < -0.39 is 0 Å². The summed E-state index contributed by atoms with van der Waals surface area (Å²) in [5.74, 6) is 1.30. The molecule has 7 heteroatoms. The molecule has 3 rings (SSSR count). The third-order valence-electron chi connectivity index (χ3n) is 7.98. The SMILES string of the molecule is CCCCOC[C@H]1O[C@@H](c2cc(Cc3ccc(OCC)cc3)c(Cl)cc2CCl)[C@H](OCCCC)[C@@H](OCCCC)[C@@H]1C. The van der Waals surface area contributed by atoms with Gasteiger partial charge in [0.2, 0.25) is 0 Å². The van der Waals surface area contributed by atoms with Gasteiger partial charge in [-0.3, -0.25) is 0 Å². The van der Waals surface area contributed by atoms with Crippen molar-refractivity contribution < 1.29 is 23.7 Å². The van der Waals surface area contributed by atoms with E-state index in [1.54, 1.807) is 0 Å². The fraction of sp³-hybridized carbons (Fsp3) is 0.657. The van der Waals surface area contributed by atoms with Crippen molar-refractivity contribution in [1.82, 2.24) is 0 Å². The van der Waals surface area contributed by atoms with Gasteiger partial charge in [0.25, 0.3) is 0 Å². The molecule has 0 bridgehead atoms. The third kappa shape index (κ3) is 10.1. The van der Waals surface area contributed by atoms with Crippen molar-refractivity contribution in [3.8, 4) is 5.75 Å². The Morgan fingerprint density at radius 1 is 0.810 bits per heavy atom. The van der Waals surface area contributed by atoms with E-state index in [9.17, 15) is 0 Å². The largest absolute Gasteiger partial charge is 0.494 e. The van der Waals surface area contributed by atoms with Crippen molar-refractivity contribution in [3.05, 3.63) is 63.7 Å². The van der Waals surface area contributed by atoms with Crippen LogP contribution < -0.4 is 4.74 Å². The molecule has 1 aliphatic heterocycles. The molecule has 0 amide bonds. The van der Waals surface area contributed by atoms with Gasteiger partial charge in [0.05, 0.1) is 25.4 Å². The lowest BCUT2D eigenvalue weighted by molar-refractivity contribution is -0.237. The molecule has 0 N–H and O–H groups in total. The molecule has 42 heavy (non-hydrogen) atoms. The van der Waals surface area contributed by atoms with Crippen LogP contribution in [0.15, 0.2) is 36.4 Å². The van der Waals surface area contributed by atoms with E-state index in [2.05, 4.69) is 45.9 Å². The van der Waals surface area contributed by atoms with Crippen LogP contribution in [-0.4, -0.2) is 51.3 Å². The number of ether oxygens (including phenoxy) is 5. The van der Waals surface area contributed by atoms with Crippen LogP contribution in [0, 0.1) is 5.92 Å². The predicted molar refractivity (Wildman–Crippen MR) is 173 cm³/mol. The van der Waals surface area contributed by atoms with Gasteiger partial charge in [-0.05, 0) is 73.1 Å². The van der Waals surface area contributed by atoms with E-state index in [0.29, 0.717) is 43.8 Å². The Hall–Kier alpha value is -1.34. The molecule has 236 valence electrons. The molecule has 0 aliphatic carbocycles. The molecule has 2 aromatic rings. The molecule has 1 heterocycles. The summed E-state index contributed by atoms with van der Waals surface area (Å²) >= 11 is 13.4. The summed E-state index contributed by atoms with van der Waals surface area (Å²) < 4.78 is 31.9. The van der Waals surface area contributed by atoms with Crippen molar-refractivity contribution in [2.45, 2.75) is 110 Å². The lowest BCUT2D eigenvalue weighted by Gasteiger charge is -2.46. The maximum absolute atomic E-state index is 6.93. The lowest BCUT2D eigenvalue weighted by Crippen LogP contribution is -2.53. The minimum Gasteiger partial charge on any atom is -0.494 e. The molecule has 2 aromatic carbocycles. The van der Waals surface area contributed by atoms with Crippen molar-refractivity contribution in [3.63, 3.8) is 0 Å². The van der Waals surface area contributed by atoms with Gasteiger partial charge in [-0.25, -0.2) is 0 Å². The van der Waals surface area contributed by atoms with Crippen molar-refractivity contribution in [1.29, 1.82) is 0 Å². The Balaban J connectivity index is 1.99. The van der Waals surface area contributed by atoms with Crippen LogP contribution in [0.4, 0.5) is 0 Å². The standard InChI is InChI=1S/C35H52Cl2O5/c1-6-10-17-38-24-32-25(5)33(40-18-11-7-2)35(41-19-12-8-3)34(42-32)30-21-27(31(37)22-28(30)23-36)20-26-13-15-29(16-14-26)39-9-4/h13-16,21-22,25,32-35H,6-12,17-20,23-24H2,1-5H3/t25-,32-,33+,34+,35-/m1/s1. The smallest absolute Gasteiger partial charge is 0.119 e. The van der Waals surface area contributed by atoms with Crippen LogP contribution in [-0.2, 0) is 31.2 Å². The van der Waals surface area contributed by atoms with Gasteiger partial charge >= 0.3 is 0 Å². The first-order chi connectivity index (χ1) is 20.5. The highest BCUT2D eigenvalue weighted by molar-refractivity contribution is 6.31. The van der Waals surface area contributed by atoms with Crippen molar-refractivity contribution in [2.75, 3.05) is 33.0 Å². The van der Waals surface area contributed by atoms with E-state index in [4.69, 9.17) is 46.9 Å². The number of hydrogen-bond acceptors (Lipinski definition) is 5. The van der Waals surface area contributed by atoms with Crippen LogP contribution in [0.2, 0.25) is 5.02 Å². The first-order valence-corrected chi connectivity index (χ1v) is 16.9. The van der Waals surface area contributed by atoms with Gasteiger partial charge in [-0.1, -0.05) is 76.8 Å². The zero-order valence-corrected chi connectivity index (χ0v) is 27.9. The molecule has 0 saturated carbocycles. The maximum Gasteiger partial charge on any atom is 0.119 e. The molecule has 5 atom stereocenters. The van der Waals surface area contributed by atoms with Gasteiger partial charge in [-0.2, -0.15) is 0 Å². The first-order valence-electron chi connectivity index (χ1n) is 16.0. The van der Waals surface area contributed by atoms with Gasteiger partial charge in [0.1, 0.15) is 18.0 Å². The lowest BCUT2D eigenvalue weighted by atomic mass is 9.83. The highest BCUT2D eigenvalue weighted by Gasteiger charge is 2.46. The quantitative estimate of drug-likeness (QED) is 0.115. The average Bonchev–Trinajstić information content (AvgIpc) is 2.99. The summed E-state index contributed by atoms with van der Waals surface area (Å²) in [6.07, 6.45) is 6.07. The Morgan fingerprint density at radius 2 is 1.45 bits per heavy atom. The normalized spacial score (nSPS) is 22.4. The number of rotatable bonds is 19. The molecule has 1 saturated heterocycles. The van der Waals surface area contributed by atoms with Crippen LogP contribution in [0.25, 0.3) is 0 Å². The van der Waals surface area contributed by atoms with Crippen LogP contribution in [0.1, 0.15) is 102 Å². The molecular weight excluding hydrogens is 571 g/mol. The summed E-state index contributed by atoms with van der Waals surface area (Å²) in [5, 5.41) is 0.700. The van der Waals surface area contributed by atoms with E-state index >= 15 is 0 Å². The Morgan fingerprint density at radius 3 is 2.07 bits per heavy atom. The van der Waals surface area contributed by atoms with E-state index in [0.717, 1.165) is 73.1 Å². The van der Waals surface area contributed by atoms with Gasteiger partial charge in [0.15, 0.2) is 0 Å². The van der Waals surface area contributed by atoms with Crippen molar-refractivity contribution in [2.24, 2.45) is 5.92 Å². The van der Waals surface area contributed by atoms with Crippen LogP contribution in [0.3, 0.4) is 0 Å². The summed E-state index contributed by atoms with van der Waals surface area (Å²) in [6.45, 7) is 14.0. The summed E-state index contributed by atoms with van der Waals surface area (Å²) in [7, 11) is 0. The molecule has 0 spiro atoms. The highest BCUT2D eigenvalue weighted by atomic mass is 35.5. The van der Waals surface area contributed by atoms with Crippen molar-refractivity contribution >= 4 is 23.2 Å². The molecule has 1 aliphatic rings. The Kier molecular flexibility index (Phi) is 16.0. The molecule has 0 unspecified atom stereocenters. The topological polar surface area (TPSA) is 46.2 Å². The second kappa shape index (κ2) is 19.1. The van der Waals surface area contributed by atoms with Gasteiger partial charge < -0.3 is 23.7 Å². The van der Waals surface area contributed by atoms with Crippen LogP contribution >= 0.6 is 23.2 Å². The third-order valence-corrected chi connectivity index (χ3v) is 8.62. The minimum atomic E-state index is -0.352. The zero-order chi connectivity index (χ0) is 30.3. The fourth-order valence-corrected chi connectivity index (χ4v) is 5.89. The summed E-state index contributed by atoms with van der Waals surface area (Å²) in [5.41, 5.74) is 4.16. The summed E-state index contributed by atoms with van der Waals surface area (Å²) in [4.78, 5) is 0. The molecule has 1 fully saturated rings. The summed E-state index contributed by atoms with van der Waals surface area (Å²) in [6, 6.07) is 12.4. The number of alkyl halides is 1. The van der Waals surface area contributed by atoms with Gasteiger partial charge in [-0.15, -0.1) is 11.6 Å². The Bertz CT molecular complexity index is 1030. The zero-order valence-electron chi connectivity index (χ0n) is 26.3. The number of benzene rings is 2. The van der Waals surface area contributed by atoms with E-state index in [1.807, 2.05) is 25.1 Å². The number of unbranched alkanes of at least 4 members (excludes halogenated alkanes) is 3.